The van der Waals surface area contributed by atoms with Gasteiger partial charge in [-0.3, -0.25) is 9.79 Å². The van der Waals surface area contributed by atoms with Crippen LogP contribution in [0.1, 0.15) is 25.7 Å². The SMILES string of the molecule is CN=C(NCCCOCC1CCOCC1)NCCC(=O)N1CCN(c2ccccc2)CC1.I. The van der Waals surface area contributed by atoms with E-state index >= 15 is 0 Å². The largest absolute Gasteiger partial charge is 0.381 e. The average molecular weight is 574 g/mol. The van der Waals surface area contributed by atoms with Gasteiger partial charge in [0.15, 0.2) is 5.96 Å². The summed E-state index contributed by atoms with van der Waals surface area (Å²) >= 11 is 0. The Morgan fingerprint density at radius 2 is 1.79 bits per heavy atom. The van der Waals surface area contributed by atoms with Crippen molar-refractivity contribution in [1.29, 1.82) is 0 Å². The van der Waals surface area contributed by atoms with Gasteiger partial charge in [0.25, 0.3) is 0 Å². The van der Waals surface area contributed by atoms with Crippen LogP contribution in [-0.2, 0) is 14.3 Å². The summed E-state index contributed by atoms with van der Waals surface area (Å²) in [5.74, 6) is 1.57. The van der Waals surface area contributed by atoms with Crippen molar-refractivity contribution in [3.05, 3.63) is 30.3 Å². The van der Waals surface area contributed by atoms with E-state index in [0.717, 1.165) is 84.4 Å². The van der Waals surface area contributed by atoms with Gasteiger partial charge in [0.05, 0.1) is 0 Å². The molecule has 2 N–H and O–H groups in total. The maximum Gasteiger partial charge on any atom is 0.224 e. The van der Waals surface area contributed by atoms with Crippen molar-refractivity contribution in [3.63, 3.8) is 0 Å². The van der Waals surface area contributed by atoms with Crippen molar-refractivity contribution in [2.75, 3.05) is 77.6 Å². The minimum Gasteiger partial charge on any atom is -0.381 e. The molecule has 9 heteroatoms. The number of nitrogens with zero attached hydrogens (tertiary/aromatic N) is 3. The van der Waals surface area contributed by atoms with Crippen LogP contribution in [0.25, 0.3) is 0 Å². The average Bonchev–Trinajstić information content (AvgIpc) is 2.86. The van der Waals surface area contributed by atoms with Gasteiger partial charge in [-0.15, -0.1) is 24.0 Å². The van der Waals surface area contributed by atoms with Gasteiger partial charge in [-0.25, -0.2) is 0 Å². The highest BCUT2D eigenvalue weighted by Gasteiger charge is 2.21. The van der Waals surface area contributed by atoms with Crippen LogP contribution < -0.4 is 15.5 Å². The van der Waals surface area contributed by atoms with E-state index in [0.29, 0.717) is 18.9 Å². The number of para-hydroxylation sites is 1. The lowest BCUT2D eigenvalue weighted by Crippen LogP contribution is -2.49. The van der Waals surface area contributed by atoms with E-state index in [1.54, 1.807) is 7.05 Å². The number of carbonyl (C=O) groups is 1. The highest BCUT2D eigenvalue weighted by atomic mass is 127. The van der Waals surface area contributed by atoms with Gasteiger partial charge in [-0.2, -0.15) is 0 Å². The molecule has 1 aromatic carbocycles. The molecule has 0 aromatic heterocycles. The molecule has 0 spiro atoms. The highest BCUT2D eigenvalue weighted by Crippen LogP contribution is 2.16. The number of piperazine rings is 1. The molecular weight excluding hydrogens is 533 g/mol. The predicted octanol–water partition coefficient (Wildman–Crippen LogP) is 2.34. The van der Waals surface area contributed by atoms with Crippen molar-refractivity contribution >= 4 is 41.5 Å². The van der Waals surface area contributed by atoms with Gasteiger partial charge in [0.1, 0.15) is 0 Å². The number of nitrogens with one attached hydrogen (secondary N) is 2. The Bertz CT molecular complexity index is 693. The number of hydrogen-bond donors (Lipinski definition) is 2. The molecule has 3 rings (SSSR count). The molecule has 8 nitrogen and oxygen atoms in total. The first-order valence-corrected chi connectivity index (χ1v) is 11.9. The Morgan fingerprint density at radius 1 is 1.09 bits per heavy atom. The van der Waals surface area contributed by atoms with Crippen LogP contribution in [0.3, 0.4) is 0 Å². The molecule has 2 heterocycles. The predicted molar refractivity (Wildman–Crippen MR) is 144 cm³/mol. The van der Waals surface area contributed by atoms with Gasteiger partial charge >= 0.3 is 0 Å². The number of rotatable bonds is 10. The monoisotopic (exact) mass is 573 g/mol. The summed E-state index contributed by atoms with van der Waals surface area (Å²) < 4.78 is 11.2. The maximum atomic E-state index is 12.6. The number of halogens is 1. The fourth-order valence-corrected chi connectivity index (χ4v) is 4.06. The molecule has 33 heavy (non-hydrogen) atoms. The van der Waals surface area contributed by atoms with E-state index in [2.05, 4.69) is 44.8 Å². The van der Waals surface area contributed by atoms with Crippen molar-refractivity contribution < 1.29 is 14.3 Å². The van der Waals surface area contributed by atoms with Crippen LogP contribution in [0.5, 0.6) is 0 Å². The molecule has 0 atom stereocenters. The molecule has 2 fully saturated rings. The zero-order valence-electron chi connectivity index (χ0n) is 19.8. The summed E-state index contributed by atoms with van der Waals surface area (Å²) in [6, 6.07) is 10.4. The number of carbonyl (C=O) groups excluding carboxylic acids is 1. The number of ether oxygens (including phenoxy) is 2. The molecule has 1 aromatic rings. The second kappa shape index (κ2) is 16.1. The van der Waals surface area contributed by atoms with E-state index < -0.39 is 0 Å². The number of amides is 1. The van der Waals surface area contributed by atoms with E-state index in [1.165, 1.54) is 5.69 Å². The second-order valence-corrected chi connectivity index (χ2v) is 8.36. The number of hydrogen-bond acceptors (Lipinski definition) is 5. The smallest absolute Gasteiger partial charge is 0.224 e. The minimum absolute atomic E-state index is 0. The van der Waals surface area contributed by atoms with Gasteiger partial charge in [0.2, 0.25) is 5.91 Å². The molecular formula is C24H40IN5O3. The quantitative estimate of drug-likeness (QED) is 0.194. The first-order valence-electron chi connectivity index (χ1n) is 11.9. The normalized spacial score (nSPS) is 17.4. The minimum atomic E-state index is 0. The maximum absolute atomic E-state index is 12.6. The van der Waals surface area contributed by atoms with Gasteiger partial charge in [-0.05, 0) is 37.3 Å². The van der Waals surface area contributed by atoms with E-state index in [1.807, 2.05) is 11.0 Å². The molecule has 1 amide bonds. The molecule has 0 saturated carbocycles. The number of guanidine groups is 1. The fraction of sp³-hybridized carbons (Fsp3) is 0.667. The molecule has 0 unspecified atom stereocenters. The first-order chi connectivity index (χ1) is 15.8. The second-order valence-electron chi connectivity index (χ2n) is 8.36. The summed E-state index contributed by atoms with van der Waals surface area (Å²) in [6.07, 6.45) is 3.61. The Hall–Kier alpha value is -1.59. The first kappa shape index (κ1) is 27.7. The summed E-state index contributed by atoms with van der Waals surface area (Å²) in [5, 5.41) is 6.54. The van der Waals surface area contributed by atoms with Crippen LogP contribution in [0, 0.1) is 5.92 Å². The molecule has 0 bridgehead atoms. The number of anilines is 1. The van der Waals surface area contributed by atoms with E-state index in [-0.39, 0.29) is 29.9 Å². The summed E-state index contributed by atoms with van der Waals surface area (Å²) in [6.45, 7) is 7.98. The Morgan fingerprint density at radius 3 is 2.48 bits per heavy atom. The third kappa shape index (κ3) is 10.1. The van der Waals surface area contributed by atoms with Crippen molar-refractivity contribution in [2.45, 2.75) is 25.7 Å². The molecule has 0 radical (unpaired) electrons. The number of benzene rings is 1. The fourth-order valence-electron chi connectivity index (χ4n) is 4.06. The van der Waals surface area contributed by atoms with Gasteiger partial charge < -0.3 is 29.9 Å². The lowest BCUT2D eigenvalue weighted by molar-refractivity contribution is -0.131. The standard InChI is InChI=1S/C24H39N5O3.HI/c1-25-24(26-11-5-17-32-20-21-9-18-31-19-10-21)27-12-8-23(30)29-15-13-28(14-16-29)22-6-3-2-4-7-22;/h2-4,6-7,21H,5,8-20H2,1H3,(H2,25,26,27);1H. The summed E-state index contributed by atoms with van der Waals surface area (Å²) in [7, 11) is 1.75. The van der Waals surface area contributed by atoms with Crippen LogP contribution in [0.15, 0.2) is 35.3 Å². The van der Waals surface area contributed by atoms with E-state index in [9.17, 15) is 4.79 Å². The van der Waals surface area contributed by atoms with Crippen LogP contribution in [-0.4, -0.2) is 89.5 Å². The van der Waals surface area contributed by atoms with E-state index in [4.69, 9.17) is 9.47 Å². The van der Waals surface area contributed by atoms with Crippen molar-refractivity contribution in [1.82, 2.24) is 15.5 Å². The Kier molecular flexibility index (Phi) is 13.5. The van der Waals surface area contributed by atoms with Crippen LogP contribution in [0.2, 0.25) is 0 Å². The Balaban J connectivity index is 0.00000385. The zero-order valence-corrected chi connectivity index (χ0v) is 22.2. The van der Waals surface area contributed by atoms with Gasteiger partial charge in [-0.1, -0.05) is 18.2 Å². The summed E-state index contributed by atoms with van der Waals surface area (Å²) in [4.78, 5) is 21.1. The third-order valence-electron chi connectivity index (χ3n) is 6.06. The van der Waals surface area contributed by atoms with Gasteiger partial charge in [0, 0.05) is 84.9 Å². The Labute approximate surface area is 215 Å². The summed E-state index contributed by atoms with van der Waals surface area (Å²) in [5.41, 5.74) is 1.23. The molecule has 2 saturated heterocycles. The highest BCUT2D eigenvalue weighted by molar-refractivity contribution is 14.0. The van der Waals surface area contributed by atoms with Crippen LogP contribution >= 0.6 is 24.0 Å². The number of aliphatic imine (C=N–C) groups is 1. The lowest BCUT2D eigenvalue weighted by Gasteiger charge is -2.36. The zero-order chi connectivity index (χ0) is 22.4. The van der Waals surface area contributed by atoms with Crippen molar-refractivity contribution in [3.8, 4) is 0 Å². The molecule has 2 aliphatic rings. The third-order valence-corrected chi connectivity index (χ3v) is 6.06. The molecule has 186 valence electrons. The van der Waals surface area contributed by atoms with Crippen molar-refractivity contribution in [2.24, 2.45) is 10.9 Å². The lowest BCUT2D eigenvalue weighted by atomic mass is 10.0. The van der Waals surface area contributed by atoms with Crippen LogP contribution in [0.4, 0.5) is 5.69 Å². The molecule has 0 aliphatic carbocycles. The molecule has 2 aliphatic heterocycles. The topological polar surface area (TPSA) is 78.4 Å².